The van der Waals surface area contributed by atoms with Crippen LogP contribution in [0.3, 0.4) is 0 Å². The number of rotatable bonds is 5. The molecule has 1 aliphatic rings. The minimum atomic E-state index is -3.04. The predicted octanol–water partition coefficient (Wildman–Crippen LogP) is 2.27. The third kappa shape index (κ3) is 4.24. The van der Waals surface area contributed by atoms with Crippen LogP contribution in [-0.4, -0.2) is 41.7 Å². The first kappa shape index (κ1) is 18.4. The first-order chi connectivity index (χ1) is 12.2. The molecular weight excluding hydrogens is 354 g/mol. The summed E-state index contributed by atoms with van der Waals surface area (Å²) in [6.45, 7) is 5.46. The summed E-state index contributed by atoms with van der Waals surface area (Å²) in [5.74, 6) is 0.995. The summed E-state index contributed by atoms with van der Waals surface area (Å²) in [6, 6.07) is 8.95. The number of anilines is 1. The number of aryl methyl sites for hydroxylation is 2. The number of carbonyl (C=O) groups excluding carboxylic acids is 1. The Labute approximate surface area is 153 Å². The van der Waals surface area contributed by atoms with E-state index in [2.05, 4.69) is 10.4 Å². The van der Waals surface area contributed by atoms with E-state index in [4.69, 9.17) is 4.74 Å². The molecule has 1 aliphatic heterocycles. The van der Waals surface area contributed by atoms with Gasteiger partial charge in [-0.25, -0.2) is 13.1 Å². The van der Waals surface area contributed by atoms with Crippen LogP contribution >= 0.6 is 0 Å². The number of amides is 1. The smallest absolute Gasteiger partial charge is 0.266 e. The van der Waals surface area contributed by atoms with Gasteiger partial charge in [-0.05, 0) is 39.3 Å². The molecule has 1 fully saturated rings. The van der Waals surface area contributed by atoms with Crippen molar-refractivity contribution < 1.29 is 17.9 Å². The highest BCUT2D eigenvalue weighted by Crippen LogP contribution is 2.27. The SMILES string of the molecule is Cc1ccc(OC(C)C(=O)Nc2cc(C)nn2C2CCS(=O)(=O)C2)cc1. The van der Waals surface area contributed by atoms with E-state index in [1.807, 2.05) is 38.1 Å². The third-order valence-electron chi connectivity index (χ3n) is 4.37. The Balaban J connectivity index is 1.70. The Morgan fingerprint density at radius 1 is 1.31 bits per heavy atom. The van der Waals surface area contributed by atoms with Crippen molar-refractivity contribution in [3.63, 3.8) is 0 Å². The molecule has 0 saturated carbocycles. The molecule has 1 amide bonds. The number of carbonyl (C=O) groups is 1. The molecular formula is C18H23N3O4S. The molecule has 3 rings (SSSR count). The molecule has 0 radical (unpaired) electrons. The topological polar surface area (TPSA) is 90.3 Å². The van der Waals surface area contributed by atoms with Crippen molar-refractivity contribution in [2.75, 3.05) is 16.8 Å². The Bertz CT molecular complexity index is 903. The number of aromatic nitrogens is 2. The van der Waals surface area contributed by atoms with E-state index in [1.54, 1.807) is 17.7 Å². The fraction of sp³-hybridized carbons (Fsp3) is 0.444. The van der Waals surface area contributed by atoms with E-state index in [-0.39, 0.29) is 23.5 Å². The van der Waals surface area contributed by atoms with Gasteiger partial charge < -0.3 is 10.1 Å². The number of nitrogens with one attached hydrogen (secondary N) is 1. The lowest BCUT2D eigenvalue weighted by Gasteiger charge is -2.17. The maximum Gasteiger partial charge on any atom is 0.266 e. The summed E-state index contributed by atoms with van der Waals surface area (Å²) in [4.78, 5) is 12.5. The third-order valence-corrected chi connectivity index (χ3v) is 6.12. The summed E-state index contributed by atoms with van der Waals surface area (Å²) >= 11 is 0. The summed E-state index contributed by atoms with van der Waals surface area (Å²) in [7, 11) is -3.04. The van der Waals surface area contributed by atoms with Crippen LogP contribution in [0.1, 0.15) is 30.6 Å². The van der Waals surface area contributed by atoms with Crippen molar-refractivity contribution in [2.24, 2.45) is 0 Å². The fourth-order valence-corrected chi connectivity index (χ4v) is 4.65. The van der Waals surface area contributed by atoms with Gasteiger partial charge in [0.1, 0.15) is 11.6 Å². The van der Waals surface area contributed by atoms with E-state index in [1.165, 1.54) is 0 Å². The minimum absolute atomic E-state index is 0.0480. The van der Waals surface area contributed by atoms with Gasteiger partial charge in [-0.3, -0.25) is 4.79 Å². The fourth-order valence-electron chi connectivity index (χ4n) is 2.96. The maximum atomic E-state index is 12.5. The molecule has 2 unspecified atom stereocenters. The van der Waals surface area contributed by atoms with Gasteiger partial charge in [0.25, 0.3) is 5.91 Å². The number of benzene rings is 1. The Hall–Kier alpha value is -2.35. The van der Waals surface area contributed by atoms with Gasteiger partial charge in [-0.1, -0.05) is 17.7 Å². The van der Waals surface area contributed by atoms with E-state index in [0.29, 0.717) is 18.0 Å². The van der Waals surface area contributed by atoms with Crippen LogP contribution in [0, 0.1) is 13.8 Å². The van der Waals surface area contributed by atoms with Gasteiger partial charge in [0.15, 0.2) is 15.9 Å². The average Bonchev–Trinajstić information content (AvgIpc) is 3.11. The van der Waals surface area contributed by atoms with E-state index < -0.39 is 15.9 Å². The zero-order valence-corrected chi connectivity index (χ0v) is 15.9. The second-order valence-electron chi connectivity index (χ2n) is 6.73. The lowest BCUT2D eigenvalue weighted by Crippen LogP contribution is -2.31. The van der Waals surface area contributed by atoms with Crippen LogP contribution in [0.4, 0.5) is 5.82 Å². The molecule has 0 spiro atoms. The second-order valence-corrected chi connectivity index (χ2v) is 8.96. The molecule has 1 aromatic heterocycles. The standard InChI is InChI=1S/C18H23N3O4S/c1-12-4-6-16(7-5-12)25-14(3)18(22)19-17-10-13(2)20-21(17)15-8-9-26(23,24)11-15/h4-7,10,14-15H,8-9,11H2,1-3H3,(H,19,22). The van der Waals surface area contributed by atoms with Gasteiger partial charge >= 0.3 is 0 Å². The van der Waals surface area contributed by atoms with Crippen LogP contribution in [0.15, 0.2) is 30.3 Å². The molecule has 0 bridgehead atoms. The average molecular weight is 377 g/mol. The Morgan fingerprint density at radius 3 is 2.62 bits per heavy atom. The molecule has 7 nitrogen and oxygen atoms in total. The highest BCUT2D eigenvalue weighted by molar-refractivity contribution is 7.91. The zero-order valence-electron chi connectivity index (χ0n) is 15.1. The van der Waals surface area contributed by atoms with E-state index in [0.717, 1.165) is 11.3 Å². The van der Waals surface area contributed by atoms with Crippen molar-refractivity contribution >= 4 is 21.6 Å². The van der Waals surface area contributed by atoms with Crippen molar-refractivity contribution in [1.82, 2.24) is 9.78 Å². The zero-order chi connectivity index (χ0) is 18.9. The first-order valence-electron chi connectivity index (χ1n) is 8.54. The molecule has 26 heavy (non-hydrogen) atoms. The molecule has 140 valence electrons. The highest BCUT2D eigenvalue weighted by Gasteiger charge is 2.31. The monoisotopic (exact) mass is 377 g/mol. The molecule has 2 aromatic rings. The second kappa shape index (κ2) is 7.11. The van der Waals surface area contributed by atoms with Crippen molar-refractivity contribution in [3.05, 3.63) is 41.6 Å². The molecule has 2 atom stereocenters. The lowest BCUT2D eigenvalue weighted by atomic mass is 10.2. The van der Waals surface area contributed by atoms with Crippen LogP contribution in [0.5, 0.6) is 5.75 Å². The number of ether oxygens (including phenoxy) is 1. The van der Waals surface area contributed by atoms with E-state index >= 15 is 0 Å². The van der Waals surface area contributed by atoms with Crippen molar-refractivity contribution in [2.45, 2.75) is 39.3 Å². The number of hydrogen-bond donors (Lipinski definition) is 1. The van der Waals surface area contributed by atoms with Gasteiger partial charge in [0, 0.05) is 6.07 Å². The molecule has 8 heteroatoms. The van der Waals surface area contributed by atoms with Crippen molar-refractivity contribution in [3.8, 4) is 5.75 Å². The lowest BCUT2D eigenvalue weighted by molar-refractivity contribution is -0.122. The van der Waals surface area contributed by atoms with Crippen LogP contribution in [0.25, 0.3) is 0 Å². The Morgan fingerprint density at radius 2 is 2.00 bits per heavy atom. The first-order valence-corrected chi connectivity index (χ1v) is 10.4. The molecule has 1 aromatic carbocycles. The quantitative estimate of drug-likeness (QED) is 0.863. The number of hydrogen-bond acceptors (Lipinski definition) is 5. The summed E-state index contributed by atoms with van der Waals surface area (Å²) in [5.41, 5.74) is 1.83. The predicted molar refractivity (Wildman–Crippen MR) is 99.2 cm³/mol. The largest absolute Gasteiger partial charge is 0.481 e. The molecule has 2 heterocycles. The summed E-state index contributed by atoms with van der Waals surface area (Å²) < 4.78 is 30.8. The van der Waals surface area contributed by atoms with Gasteiger partial charge in [-0.15, -0.1) is 0 Å². The minimum Gasteiger partial charge on any atom is -0.481 e. The molecule has 0 aliphatic carbocycles. The number of nitrogens with zero attached hydrogens (tertiary/aromatic N) is 2. The molecule has 1 saturated heterocycles. The maximum absolute atomic E-state index is 12.5. The number of sulfone groups is 1. The summed E-state index contributed by atoms with van der Waals surface area (Å²) in [5, 5.41) is 7.17. The van der Waals surface area contributed by atoms with Crippen LogP contribution in [0.2, 0.25) is 0 Å². The van der Waals surface area contributed by atoms with Gasteiger partial charge in [0.2, 0.25) is 0 Å². The summed E-state index contributed by atoms with van der Waals surface area (Å²) in [6.07, 6.45) is -0.199. The highest BCUT2D eigenvalue weighted by atomic mass is 32.2. The van der Waals surface area contributed by atoms with Crippen molar-refractivity contribution in [1.29, 1.82) is 0 Å². The Kier molecular flexibility index (Phi) is 5.04. The van der Waals surface area contributed by atoms with E-state index in [9.17, 15) is 13.2 Å². The van der Waals surface area contributed by atoms with Gasteiger partial charge in [-0.2, -0.15) is 5.10 Å². The van der Waals surface area contributed by atoms with Gasteiger partial charge in [0.05, 0.1) is 23.2 Å². The van der Waals surface area contributed by atoms with Crippen LogP contribution in [-0.2, 0) is 14.6 Å². The van der Waals surface area contributed by atoms with Crippen LogP contribution < -0.4 is 10.1 Å². The molecule has 1 N–H and O–H groups in total. The normalized spacial score (nSPS) is 19.9.